The Morgan fingerprint density at radius 2 is 1.85 bits per heavy atom. The van der Waals surface area contributed by atoms with E-state index in [2.05, 4.69) is 15.8 Å². The van der Waals surface area contributed by atoms with Crippen molar-refractivity contribution in [3.05, 3.63) is 54.1 Å². The molecule has 1 atom stereocenters. The first-order valence-electron chi connectivity index (χ1n) is 8.18. The van der Waals surface area contributed by atoms with E-state index >= 15 is 0 Å². The number of nitrogens with one attached hydrogen (secondary N) is 2. The van der Waals surface area contributed by atoms with Crippen molar-refractivity contribution in [3.63, 3.8) is 0 Å². The lowest BCUT2D eigenvalue weighted by Crippen LogP contribution is -2.43. The van der Waals surface area contributed by atoms with Gasteiger partial charge in [-0.2, -0.15) is 0 Å². The van der Waals surface area contributed by atoms with Gasteiger partial charge in [-0.15, -0.1) is 0 Å². The van der Waals surface area contributed by atoms with Crippen LogP contribution in [-0.4, -0.2) is 36.2 Å². The third-order valence-corrected chi connectivity index (χ3v) is 3.86. The average Bonchev–Trinajstić information content (AvgIpc) is 3.11. The van der Waals surface area contributed by atoms with Gasteiger partial charge in [0.2, 0.25) is 0 Å². The van der Waals surface area contributed by atoms with Gasteiger partial charge >= 0.3 is 12.0 Å². The van der Waals surface area contributed by atoms with Gasteiger partial charge < -0.3 is 14.6 Å². The number of nitrogens with zero attached hydrogens (tertiary/aromatic N) is 1. The number of carbonyl (C=O) groups is 3. The Balaban J connectivity index is 1.81. The van der Waals surface area contributed by atoms with Crippen LogP contribution in [-0.2, 0) is 9.53 Å². The van der Waals surface area contributed by atoms with Gasteiger partial charge in [-0.25, -0.2) is 9.59 Å². The van der Waals surface area contributed by atoms with Crippen LogP contribution >= 0.6 is 0 Å². The highest BCUT2D eigenvalue weighted by atomic mass is 16.5. The third-order valence-electron chi connectivity index (χ3n) is 3.86. The monoisotopic (exact) mass is 367 g/mol. The number of carbonyl (C=O) groups excluding carboxylic acids is 3. The number of esters is 1. The summed E-state index contributed by atoms with van der Waals surface area (Å²) in [5.41, 5.74) is 1.65. The Hall–Kier alpha value is -3.68. The molecule has 8 heteroatoms. The average molecular weight is 367 g/mol. The van der Waals surface area contributed by atoms with Crippen molar-refractivity contribution in [2.24, 2.45) is 0 Å². The molecule has 0 radical (unpaired) electrons. The quantitative estimate of drug-likeness (QED) is 0.686. The summed E-state index contributed by atoms with van der Waals surface area (Å²) < 4.78 is 10.5. The number of hydrogen-bond donors (Lipinski definition) is 2. The molecule has 3 aromatic rings. The summed E-state index contributed by atoms with van der Waals surface area (Å²) in [6.45, 7) is 1.38. The maximum absolute atomic E-state index is 12.4. The number of imide groups is 1. The van der Waals surface area contributed by atoms with E-state index in [1.165, 1.54) is 20.0 Å². The predicted molar refractivity (Wildman–Crippen MR) is 96.9 cm³/mol. The summed E-state index contributed by atoms with van der Waals surface area (Å²) in [6.07, 6.45) is -1.14. The smallest absolute Gasteiger partial charge is 0.338 e. The second-order valence-corrected chi connectivity index (χ2v) is 5.73. The fourth-order valence-corrected chi connectivity index (χ4v) is 2.42. The molecule has 2 aromatic carbocycles. The van der Waals surface area contributed by atoms with Crippen LogP contribution in [0, 0.1) is 0 Å². The van der Waals surface area contributed by atoms with Crippen molar-refractivity contribution in [3.8, 4) is 11.3 Å². The molecule has 3 rings (SSSR count). The van der Waals surface area contributed by atoms with Crippen LogP contribution in [0.1, 0.15) is 17.3 Å². The van der Waals surface area contributed by atoms with Crippen LogP contribution in [0.25, 0.3) is 22.2 Å². The van der Waals surface area contributed by atoms with Crippen molar-refractivity contribution >= 4 is 28.8 Å². The van der Waals surface area contributed by atoms with Crippen LogP contribution in [0.4, 0.5) is 4.79 Å². The van der Waals surface area contributed by atoms with Gasteiger partial charge in [0.1, 0.15) is 5.52 Å². The Morgan fingerprint density at radius 3 is 2.56 bits per heavy atom. The van der Waals surface area contributed by atoms with E-state index in [0.717, 1.165) is 5.56 Å². The van der Waals surface area contributed by atoms with Crippen molar-refractivity contribution in [1.82, 2.24) is 15.8 Å². The molecule has 3 amide bonds. The summed E-state index contributed by atoms with van der Waals surface area (Å²) in [5, 5.41) is 8.94. The SMILES string of the molecule is CNC(=O)NC(=O)[C@@H](C)OC(=O)c1ccc2noc(-c3ccccc3)c2c1. The van der Waals surface area contributed by atoms with Crippen molar-refractivity contribution in [1.29, 1.82) is 0 Å². The molecule has 2 N–H and O–H groups in total. The zero-order valence-electron chi connectivity index (χ0n) is 14.7. The molecule has 0 aliphatic rings. The van der Waals surface area contributed by atoms with E-state index in [9.17, 15) is 14.4 Å². The molecule has 0 spiro atoms. The Labute approximate surface area is 154 Å². The number of ether oxygens (including phenoxy) is 1. The molecule has 8 nitrogen and oxygen atoms in total. The standard InChI is InChI=1S/C19H17N3O5/c1-11(17(23)21-19(25)20-2)26-18(24)13-8-9-15-14(10-13)16(27-22-15)12-6-4-3-5-7-12/h3-11H,1-2H3,(H2,20,21,23,25)/t11-/m1/s1. The number of amides is 3. The Kier molecular flexibility index (Phi) is 5.16. The molecule has 0 aliphatic carbocycles. The van der Waals surface area contributed by atoms with Crippen molar-refractivity contribution in [2.45, 2.75) is 13.0 Å². The molecule has 27 heavy (non-hydrogen) atoms. The number of rotatable bonds is 4. The molecule has 1 heterocycles. The highest BCUT2D eigenvalue weighted by molar-refractivity contribution is 6.01. The summed E-state index contributed by atoms with van der Waals surface area (Å²) in [6, 6.07) is 13.5. The highest BCUT2D eigenvalue weighted by Crippen LogP contribution is 2.29. The van der Waals surface area contributed by atoms with Crippen molar-refractivity contribution < 1.29 is 23.6 Å². The first-order chi connectivity index (χ1) is 13.0. The Bertz CT molecular complexity index is 997. The lowest BCUT2D eigenvalue weighted by Gasteiger charge is -2.12. The summed E-state index contributed by atoms with van der Waals surface area (Å²) in [4.78, 5) is 35.4. The van der Waals surface area contributed by atoms with Gasteiger partial charge in [0.25, 0.3) is 5.91 Å². The molecule has 1 aromatic heterocycles. The molecular weight excluding hydrogens is 350 g/mol. The van der Waals surface area contributed by atoms with Gasteiger partial charge in [0, 0.05) is 12.6 Å². The highest BCUT2D eigenvalue weighted by Gasteiger charge is 2.21. The minimum Gasteiger partial charge on any atom is -0.449 e. The second kappa shape index (κ2) is 7.69. The van der Waals surface area contributed by atoms with Gasteiger partial charge in [0.15, 0.2) is 11.9 Å². The Morgan fingerprint density at radius 1 is 1.11 bits per heavy atom. The van der Waals surface area contributed by atoms with Crippen LogP contribution in [0.15, 0.2) is 53.1 Å². The fraction of sp³-hybridized carbons (Fsp3) is 0.158. The van der Waals surface area contributed by atoms with Gasteiger partial charge in [-0.1, -0.05) is 35.5 Å². The van der Waals surface area contributed by atoms with Crippen molar-refractivity contribution in [2.75, 3.05) is 7.05 Å². The summed E-state index contributed by atoms with van der Waals surface area (Å²) >= 11 is 0. The largest absolute Gasteiger partial charge is 0.449 e. The maximum atomic E-state index is 12.4. The van der Waals surface area contributed by atoms with E-state index in [-0.39, 0.29) is 5.56 Å². The van der Waals surface area contributed by atoms with Crippen LogP contribution in [0.2, 0.25) is 0 Å². The zero-order valence-corrected chi connectivity index (χ0v) is 14.7. The minimum atomic E-state index is -1.14. The number of fused-ring (bicyclic) bond motifs is 1. The molecule has 0 aliphatic heterocycles. The molecule has 0 saturated carbocycles. The number of benzene rings is 2. The fourth-order valence-electron chi connectivity index (χ4n) is 2.42. The lowest BCUT2D eigenvalue weighted by atomic mass is 10.1. The predicted octanol–water partition coefficient (Wildman–Crippen LogP) is 2.50. The zero-order chi connectivity index (χ0) is 19.4. The molecule has 0 saturated heterocycles. The first-order valence-corrected chi connectivity index (χ1v) is 8.18. The molecule has 138 valence electrons. The van der Waals surface area contributed by atoms with E-state index in [0.29, 0.717) is 16.7 Å². The lowest BCUT2D eigenvalue weighted by molar-refractivity contribution is -0.127. The van der Waals surface area contributed by atoms with Crippen LogP contribution in [0.3, 0.4) is 0 Å². The normalized spacial score (nSPS) is 11.6. The summed E-state index contributed by atoms with van der Waals surface area (Å²) in [7, 11) is 1.37. The van der Waals surface area contributed by atoms with Gasteiger partial charge in [-0.3, -0.25) is 10.1 Å². The van der Waals surface area contributed by atoms with Crippen LogP contribution in [0.5, 0.6) is 0 Å². The number of aromatic nitrogens is 1. The number of hydrogen-bond acceptors (Lipinski definition) is 6. The molecule has 0 fully saturated rings. The second-order valence-electron chi connectivity index (χ2n) is 5.73. The molecule has 0 unspecified atom stereocenters. The molecule has 0 bridgehead atoms. The number of urea groups is 1. The van der Waals surface area contributed by atoms with Gasteiger partial charge in [0.05, 0.1) is 10.9 Å². The van der Waals surface area contributed by atoms with Crippen LogP contribution < -0.4 is 10.6 Å². The minimum absolute atomic E-state index is 0.238. The van der Waals surface area contributed by atoms with E-state index < -0.39 is 24.0 Å². The van der Waals surface area contributed by atoms with E-state index in [4.69, 9.17) is 9.26 Å². The first kappa shape index (κ1) is 18.1. The van der Waals surface area contributed by atoms with E-state index in [1.54, 1.807) is 12.1 Å². The maximum Gasteiger partial charge on any atom is 0.338 e. The third kappa shape index (κ3) is 3.95. The van der Waals surface area contributed by atoms with E-state index in [1.807, 2.05) is 30.3 Å². The van der Waals surface area contributed by atoms with Gasteiger partial charge in [-0.05, 0) is 25.1 Å². The molecular formula is C19H17N3O5. The topological polar surface area (TPSA) is 111 Å². The summed E-state index contributed by atoms with van der Waals surface area (Å²) in [5.74, 6) is -0.888.